The molecule has 0 spiro atoms. The summed E-state index contributed by atoms with van der Waals surface area (Å²) < 4.78 is 6.08. The van der Waals surface area contributed by atoms with Crippen LogP contribution >= 0.6 is 0 Å². The third kappa shape index (κ3) is 4.42. The van der Waals surface area contributed by atoms with Gasteiger partial charge in [-0.25, -0.2) is 0 Å². The van der Waals surface area contributed by atoms with Crippen LogP contribution in [0, 0.1) is 11.3 Å². The first kappa shape index (κ1) is 14.0. The van der Waals surface area contributed by atoms with Crippen molar-refractivity contribution in [2.45, 2.75) is 71.9 Å². The van der Waals surface area contributed by atoms with E-state index in [1.807, 2.05) is 0 Å². The summed E-state index contributed by atoms with van der Waals surface area (Å²) in [5.74, 6) is 0.775. The molecule has 1 saturated carbocycles. The predicted octanol–water partition coefficient (Wildman–Crippen LogP) is 3.35. The summed E-state index contributed by atoms with van der Waals surface area (Å²) in [4.78, 5) is 0. The van der Waals surface area contributed by atoms with E-state index in [1.165, 1.54) is 32.1 Å². The molecule has 1 fully saturated rings. The maximum atomic E-state index is 6.08. The van der Waals surface area contributed by atoms with E-state index in [0.29, 0.717) is 0 Å². The monoisotopic (exact) mass is 227 g/mol. The van der Waals surface area contributed by atoms with Crippen molar-refractivity contribution < 1.29 is 4.74 Å². The van der Waals surface area contributed by atoms with Crippen LogP contribution in [0.25, 0.3) is 0 Å². The van der Waals surface area contributed by atoms with Gasteiger partial charge in [0, 0.05) is 12.6 Å². The van der Waals surface area contributed by atoms with Crippen molar-refractivity contribution in [3.8, 4) is 0 Å². The lowest BCUT2D eigenvalue weighted by molar-refractivity contribution is -0.0488. The van der Waals surface area contributed by atoms with Crippen molar-refractivity contribution in [2.24, 2.45) is 17.1 Å². The standard InChI is InChI=1S/C14H29NO/c1-11(15)13(14(2,3)4)16-10-12-8-6-5-7-9-12/h11-13H,5-10,15H2,1-4H3. The van der Waals surface area contributed by atoms with Crippen LogP contribution in [-0.4, -0.2) is 18.8 Å². The molecular formula is C14H29NO. The number of hydrogen-bond donors (Lipinski definition) is 1. The van der Waals surface area contributed by atoms with Crippen molar-refractivity contribution in [2.75, 3.05) is 6.61 Å². The van der Waals surface area contributed by atoms with Gasteiger partial charge in [-0.3, -0.25) is 0 Å². The smallest absolute Gasteiger partial charge is 0.0771 e. The van der Waals surface area contributed by atoms with Gasteiger partial charge in [0.25, 0.3) is 0 Å². The maximum Gasteiger partial charge on any atom is 0.0771 e. The average Bonchev–Trinajstić information content (AvgIpc) is 2.17. The zero-order valence-corrected chi connectivity index (χ0v) is 11.5. The lowest BCUT2D eigenvalue weighted by Gasteiger charge is -2.35. The van der Waals surface area contributed by atoms with E-state index in [-0.39, 0.29) is 17.6 Å². The number of ether oxygens (including phenoxy) is 1. The predicted molar refractivity (Wildman–Crippen MR) is 69.4 cm³/mol. The van der Waals surface area contributed by atoms with E-state index in [9.17, 15) is 0 Å². The van der Waals surface area contributed by atoms with E-state index >= 15 is 0 Å². The Balaban J connectivity index is 2.37. The summed E-state index contributed by atoms with van der Waals surface area (Å²) in [7, 11) is 0. The number of hydrogen-bond acceptors (Lipinski definition) is 2. The Labute approximate surface area is 101 Å². The Hall–Kier alpha value is -0.0800. The molecule has 96 valence electrons. The van der Waals surface area contributed by atoms with Crippen LogP contribution in [0.15, 0.2) is 0 Å². The van der Waals surface area contributed by atoms with Gasteiger partial charge in [-0.15, -0.1) is 0 Å². The first-order valence-corrected chi connectivity index (χ1v) is 6.78. The summed E-state index contributed by atoms with van der Waals surface area (Å²) in [5, 5.41) is 0. The van der Waals surface area contributed by atoms with Crippen molar-refractivity contribution >= 4 is 0 Å². The van der Waals surface area contributed by atoms with Crippen LogP contribution in [0.2, 0.25) is 0 Å². The van der Waals surface area contributed by atoms with E-state index in [0.717, 1.165) is 12.5 Å². The summed E-state index contributed by atoms with van der Waals surface area (Å²) in [6, 6.07) is 0.114. The second-order valence-corrected chi connectivity index (χ2v) is 6.48. The van der Waals surface area contributed by atoms with Crippen molar-refractivity contribution in [1.29, 1.82) is 0 Å². The highest BCUT2D eigenvalue weighted by Crippen LogP contribution is 2.28. The zero-order valence-electron chi connectivity index (χ0n) is 11.5. The second-order valence-electron chi connectivity index (χ2n) is 6.48. The van der Waals surface area contributed by atoms with Gasteiger partial charge >= 0.3 is 0 Å². The van der Waals surface area contributed by atoms with Crippen molar-refractivity contribution in [1.82, 2.24) is 0 Å². The van der Waals surface area contributed by atoms with Crippen molar-refractivity contribution in [3.63, 3.8) is 0 Å². The minimum absolute atomic E-state index is 0.114. The molecule has 0 aliphatic heterocycles. The molecule has 2 atom stereocenters. The molecule has 0 amide bonds. The molecule has 0 aromatic carbocycles. The minimum atomic E-state index is 0.114. The van der Waals surface area contributed by atoms with E-state index in [1.54, 1.807) is 0 Å². The van der Waals surface area contributed by atoms with Gasteiger partial charge in [0.1, 0.15) is 0 Å². The molecule has 0 heterocycles. The maximum absolute atomic E-state index is 6.08. The second kappa shape index (κ2) is 6.02. The summed E-state index contributed by atoms with van der Waals surface area (Å²) in [5.41, 5.74) is 6.16. The first-order chi connectivity index (χ1) is 7.41. The van der Waals surface area contributed by atoms with Crippen molar-refractivity contribution in [3.05, 3.63) is 0 Å². The molecule has 2 unspecified atom stereocenters. The number of rotatable bonds is 4. The summed E-state index contributed by atoms with van der Waals surface area (Å²) in [6.07, 6.45) is 7.03. The minimum Gasteiger partial charge on any atom is -0.376 e. The van der Waals surface area contributed by atoms with Gasteiger partial charge in [0.15, 0.2) is 0 Å². The summed E-state index contributed by atoms with van der Waals surface area (Å²) in [6.45, 7) is 9.59. The molecule has 2 heteroatoms. The van der Waals surface area contributed by atoms with Crippen LogP contribution in [0.1, 0.15) is 59.8 Å². The van der Waals surface area contributed by atoms with E-state index in [4.69, 9.17) is 10.5 Å². The Morgan fingerprint density at radius 1 is 1.19 bits per heavy atom. The Bertz CT molecular complexity index is 189. The molecule has 1 aliphatic rings. The molecular weight excluding hydrogens is 198 g/mol. The fraction of sp³-hybridized carbons (Fsp3) is 1.00. The normalized spacial score (nSPS) is 23.1. The Morgan fingerprint density at radius 3 is 2.19 bits per heavy atom. The SMILES string of the molecule is CC(N)C(OCC1CCCCC1)C(C)(C)C. The highest BCUT2D eigenvalue weighted by atomic mass is 16.5. The molecule has 0 aromatic rings. The highest BCUT2D eigenvalue weighted by Gasteiger charge is 2.29. The van der Waals surface area contributed by atoms with E-state index in [2.05, 4.69) is 27.7 Å². The van der Waals surface area contributed by atoms with Crippen LogP contribution in [0.5, 0.6) is 0 Å². The topological polar surface area (TPSA) is 35.2 Å². The fourth-order valence-corrected chi connectivity index (χ4v) is 2.78. The van der Waals surface area contributed by atoms with Gasteiger partial charge in [-0.1, -0.05) is 40.0 Å². The first-order valence-electron chi connectivity index (χ1n) is 6.78. The molecule has 0 bridgehead atoms. The van der Waals surface area contributed by atoms with Gasteiger partial charge in [-0.05, 0) is 31.1 Å². The van der Waals surface area contributed by atoms with Gasteiger partial charge in [-0.2, -0.15) is 0 Å². The third-order valence-electron chi connectivity index (χ3n) is 3.57. The molecule has 0 aromatic heterocycles. The molecule has 0 saturated heterocycles. The van der Waals surface area contributed by atoms with Crippen LogP contribution in [0.4, 0.5) is 0 Å². The van der Waals surface area contributed by atoms with Gasteiger partial charge in [0.2, 0.25) is 0 Å². The zero-order chi connectivity index (χ0) is 12.2. The van der Waals surface area contributed by atoms with Crippen LogP contribution in [0.3, 0.4) is 0 Å². The average molecular weight is 227 g/mol. The fourth-order valence-electron chi connectivity index (χ4n) is 2.78. The molecule has 2 N–H and O–H groups in total. The third-order valence-corrected chi connectivity index (χ3v) is 3.57. The largest absolute Gasteiger partial charge is 0.376 e. The Morgan fingerprint density at radius 2 is 1.75 bits per heavy atom. The molecule has 16 heavy (non-hydrogen) atoms. The molecule has 2 nitrogen and oxygen atoms in total. The molecule has 1 rings (SSSR count). The highest BCUT2D eigenvalue weighted by molar-refractivity contribution is 4.82. The lowest BCUT2D eigenvalue weighted by atomic mass is 9.85. The van der Waals surface area contributed by atoms with Gasteiger partial charge in [0.05, 0.1) is 6.10 Å². The summed E-state index contributed by atoms with van der Waals surface area (Å²) >= 11 is 0. The quantitative estimate of drug-likeness (QED) is 0.799. The molecule has 1 aliphatic carbocycles. The van der Waals surface area contributed by atoms with Gasteiger partial charge < -0.3 is 10.5 Å². The van der Waals surface area contributed by atoms with Crippen LogP contribution < -0.4 is 5.73 Å². The number of nitrogens with two attached hydrogens (primary N) is 1. The van der Waals surface area contributed by atoms with Crippen LogP contribution in [-0.2, 0) is 4.74 Å². The lowest BCUT2D eigenvalue weighted by Crippen LogP contribution is -2.44. The Kier molecular flexibility index (Phi) is 5.26. The molecule has 0 radical (unpaired) electrons. The van der Waals surface area contributed by atoms with E-state index < -0.39 is 0 Å².